The van der Waals surface area contributed by atoms with Crippen molar-refractivity contribution in [2.45, 2.75) is 53.3 Å². The lowest BCUT2D eigenvalue weighted by atomic mass is 9.65. The Morgan fingerprint density at radius 2 is 1.74 bits per heavy atom. The number of hydrogen-bond donors (Lipinski definition) is 0. The molecule has 0 saturated heterocycles. The van der Waals surface area contributed by atoms with Gasteiger partial charge in [-0.3, -0.25) is 0 Å². The highest BCUT2D eigenvalue weighted by molar-refractivity contribution is 5.70. The van der Waals surface area contributed by atoms with E-state index in [0.717, 1.165) is 29.5 Å². The minimum Gasteiger partial charge on any atom is -0.201 e. The minimum atomic E-state index is -1.31. The van der Waals surface area contributed by atoms with Crippen LogP contribution in [0.25, 0.3) is 22.4 Å². The van der Waals surface area contributed by atoms with E-state index in [9.17, 15) is 0 Å². The van der Waals surface area contributed by atoms with Gasteiger partial charge in [0.15, 0.2) is 6.20 Å². The van der Waals surface area contributed by atoms with Gasteiger partial charge in [0.2, 0.25) is 5.69 Å². The van der Waals surface area contributed by atoms with Crippen LogP contribution in [0.2, 0.25) is 0 Å². The molecule has 2 aromatic carbocycles. The van der Waals surface area contributed by atoms with Crippen LogP contribution in [0.4, 0.5) is 0 Å². The van der Waals surface area contributed by atoms with Crippen molar-refractivity contribution in [2.75, 3.05) is 0 Å². The average molecular weight is 413 g/mol. The summed E-state index contributed by atoms with van der Waals surface area (Å²) in [5, 5.41) is 0. The summed E-state index contributed by atoms with van der Waals surface area (Å²) in [6.07, 6.45) is 4.21. The second-order valence-corrected chi connectivity index (χ2v) is 10.6. The molecule has 0 amide bonds. The van der Waals surface area contributed by atoms with Gasteiger partial charge in [-0.15, -0.1) is 0 Å². The Morgan fingerprint density at radius 1 is 1.00 bits per heavy atom. The molecule has 1 aromatic heterocycles. The summed E-state index contributed by atoms with van der Waals surface area (Å²) >= 11 is 0. The highest BCUT2D eigenvalue weighted by Crippen LogP contribution is 2.68. The molecule has 3 unspecified atom stereocenters. The maximum absolute atomic E-state index is 9.16. The van der Waals surface area contributed by atoms with E-state index in [-0.39, 0.29) is 16.7 Å². The standard InChI is InChI=1S/C30H36N/c1-21-8-6-7-9-27(21)28-19-24(15-17-31(28)5)23-12-10-22(11-13-23)18-26-20-25-14-16-30(26,4)29(25,2)3/h6-13,15,17,19,25-26H,14,16,18,20H2,1-5H3/q+1/i18D2. The van der Waals surface area contributed by atoms with E-state index in [4.69, 9.17) is 2.74 Å². The summed E-state index contributed by atoms with van der Waals surface area (Å²) in [6.45, 7) is 9.22. The first-order valence-corrected chi connectivity index (χ1v) is 11.7. The first kappa shape index (κ1) is 18.2. The fraction of sp³-hybridized carbons (Fsp3) is 0.433. The normalized spacial score (nSPS) is 27.8. The van der Waals surface area contributed by atoms with E-state index >= 15 is 0 Å². The maximum atomic E-state index is 9.16. The van der Waals surface area contributed by atoms with Crippen molar-refractivity contribution in [3.8, 4) is 22.4 Å². The van der Waals surface area contributed by atoms with Crippen LogP contribution in [0.1, 0.15) is 53.9 Å². The topological polar surface area (TPSA) is 3.88 Å². The molecule has 1 heterocycles. The molecule has 0 N–H and O–H groups in total. The van der Waals surface area contributed by atoms with Crippen molar-refractivity contribution < 1.29 is 7.31 Å². The van der Waals surface area contributed by atoms with Gasteiger partial charge in [-0.05, 0) is 83.5 Å². The lowest BCUT2D eigenvalue weighted by Gasteiger charge is -2.39. The van der Waals surface area contributed by atoms with Crippen LogP contribution >= 0.6 is 0 Å². The number of benzene rings is 2. The summed E-state index contributed by atoms with van der Waals surface area (Å²) in [5.41, 5.74) is 7.07. The Hall–Kier alpha value is -2.41. The Labute approximate surface area is 191 Å². The van der Waals surface area contributed by atoms with E-state index in [1.165, 1.54) is 23.2 Å². The van der Waals surface area contributed by atoms with Crippen molar-refractivity contribution >= 4 is 0 Å². The van der Waals surface area contributed by atoms with Crippen LogP contribution in [-0.4, -0.2) is 0 Å². The maximum Gasteiger partial charge on any atom is 0.213 e. The number of hydrogen-bond acceptors (Lipinski definition) is 0. The van der Waals surface area contributed by atoms with Gasteiger partial charge in [0, 0.05) is 20.4 Å². The molecular weight excluding hydrogens is 374 g/mol. The molecule has 2 aliphatic rings. The predicted octanol–water partition coefficient (Wildman–Crippen LogP) is 7.16. The summed E-state index contributed by atoms with van der Waals surface area (Å²) in [5.74, 6) is 0.722. The monoisotopic (exact) mass is 412 g/mol. The predicted molar refractivity (Wildman–Crippen MR) is 130 cm³/mol. The zero-order valence-corrected chi connectivity index (χ0v) is 19.6. The molecule has 160 valence electrons. The molecule has 1 nitrogen and oxygen atoms in total. The van der Waals surface area contributed by atoms with Gasteiger partial charge in [-0.2, -0.15) is 0 Å². The summed E-state index contributed by atoms with van der Waals surface area (Å²) in [7, 11) is 2.08. The summed E-state index contributed by atoms with van der Waals surface area (Å²) in [6, 6.07) is 21.1. The van der Waals surface area contributed by atoms with Crippen molar-refractivity contribution in [1.82, 2.24) is 0 Å². The quantitative estimate of drug-likeness (QED) is 0.400. The smallest absolute Gasteiger partial charge is 0.201 e. The molecule has 0 radical (unpaired) electrons. The second kappa shape index (κ2) is 7.33. The van der Waals surface area contributed by atoms with Crippen LogP contribution < -0.4 is 4.57 Å². The fourth-order valence-corrected chi connectivity index (χ4v) is 6.26. The SMILES string of the molecule is [2H]C([2H])(c1ccc(-c2cc[n+](C)c(-c3ccccc3C)c2)cc1)C1CC2CCC1(C)C2(C)C. The summed E-state index contributed by atoms with van der Waals surface area (Å²) < 4.78 is 20.5. The highest BCUT2D eigenvalue weighted by atomic mass is 14.9. The Morgan fingerprint density at radius 3 is 2.39 bits per heavy atom. The van der Waals surface area contributed by atoms with E-state index in [1.807, 2.05) is 12.1 Å². The van der Waals surface area contributed by atoms with Crippen molar-refractivity contribution in [3.05, 3.63) is 78.0 Å². The third-order valence-electron chi connectivity index (χ3n) is 8.92. The minimum absolute atomic E-state index is 0.0659. The van der Waals surface area contributed by atoms with Gasteiger partial charge in [-0.1, -0.05) is 63.2 Å². The van der Waals surface area contributed by atoms with Crippen molar-refractivity contribution in [2.24, 2.45) is 29.7 Å². The molecule has 2 aliphatic carbocycles. The molecule has 2 fully saturated rings. The van der Waals surface area contributed by atoms with E-state index in [2.05, 4.69) is 94.0 Å². The lowest BCUT2D eigenvalue weighted by Crippen LogP contribution is -2.33. The second-order valence-electron chi connectivity index (χ2n) is 10.6. The fourth-order valence-electron chi connectivity index (χ4n) is 6.26. The molecule has 0 spiro atoms. The zero-order chi connectivity index (χ0) is 23.6. The third-order valence-corrected chi connectivity index (χ3v) is 8.92. The number of rotatable bonds is 4. The van der Waals surface area contributed by atoms with E-state index < -0.39 is 6.37 Å². The van der Waals surface area contributed by atoms with Gasteiger partial charge in [-0.25, -0.2) is 4.57 Å². The largest absolute Gasteiger partial charge is 0.213 e. The number of aromatic nitrogens is 1. The van der Waals surface area contributed by atoms with Gasteiger partial charge in [0.25, 0.3) is 0 Å². The first-order valence-electron chi connectivity index (χ1n) is 12.7. The Kier molecular flexibility index (Phi) is 4.30. The van der Waals surface area contributed by atoms with Gasteiger partial charge in [0.1, 0.15) is 7.05 Å². The number of aryl methyl sites for hydroxylation is 2. The van der Waals surface area contributed by atoms with Gasteiger partial charge in [0.05, 0.1) is 0 Å². The van der Waals surface area contributed by atoms with Crippen LogP contribution in [0.3, 0.4) is 0 Å². The number of nitrogens with zero attached hydrogens (tertiary/aromatic N) is 1. The molecule has 5 rings (SSSR count). The zero-order valence-electron chi connectivity index (χ0n) is 21.6. The molecule has 0 aliphatic heterocycles. The molecule has 31 heavy (non-hydrogen) atoms. The average Bonchev–Trinajstić information content (AvgIpc) is 3.14. The highest BCUT2D eigenvalue weighted by Gasteiger charge is 2.60. The number of fused-ring (bicyclic) bond motifs is 2. The summed E-state index contributed by atoms with van der Waals surface area (Å²) in [4.78, 5) is 0. The molecule has 3 aromatic rings. The van der Waals surface area contributed by atoms with E-state index in [1.54, 1.807) is 0 Å². The van der Waals surface area contributed by atoms with Gasteiger partial charge < -0.3 is 0 Å². The Bertz CT molecular complexity index is 1190. The molecular formula is C30H36N+. The third kappa shape index (κ3) is 3.25. The van der Waals surface area contributed by atoms with Crippen molar-refractivity contribution in [3.63, 3.8) is 0 Å². The van der Waals surface area contributed by atoms with Crippen LogP contribution in [0.5, 0.6) is 0 Å². The molecule has 3 atom stereocenters. The number of pyridine rings is 1. The van der Waals surface area contributed by atoms with E-state index in [0.29, 0.717) is 5.92 Å². The first-order chi connectivity index (χ1) is 15.6. The van der Waals surface area contributed by atoms with Crippen LogP contribution in [0, 0.1) is 29.6 Å². The van der Waals surface area contributed by atoms with Crippen molar-refractivity contribution in [1.29, 1.82) is 0 Å². The van der Waals surface area contributed by atoms with Gasteiger partial charge >= 0.3 is 0 Å². The lowest BCUT2D eigenvalue weighted by molar-refractivity contribution is -0.660. The molecule has 2 bridgehead atoms. The van der Waals surface area contributed by atoms with Crippen LogP contribution in [0.15, 0.2) is 66.9 Å². The Balaban J connectivity index is 1.46. The molecule has 1 heteroatoms. The molecule has 2 saturated carbocycles. The van der Waals surface area contributed by atoms with Crippen LogP contribution in [-0.2, 0) is 13.4 Å².